The summed E-state index contributed by atoms with van der Waals surface area (Å²) < 4.78 is 6.30. The number of amides is 1. The summed E-state index contributed by atoms with van der Waals surface area (Å²) >= 11 is 0. The van der Waals surface area contributed by atoms with Crippen molar-refractivity contribution in [2.45, 2.75) is 0 Å². The standard InChI is InChI=1S/C12H12N4O3/c13-14-10(17)8-19-11-6-7-12(18)16(15-11)9-4-2-1-3-5-9/h1-7H,8,13H2,(H,14,17). The van der Waals surface area contributed by atoms with Crippen LogP contribution in [-0.2, 0) is 4.79 Å². The smallest absolute Gasteiger partial charge is 0.271 e. The fourth-order valence-corrected chi connectivity index (χ4v) is 1.41. The number of rotatable bonds is 4. The van der Waals surface area contributed by atoms with Crippen molar-refractivity contribution < 1.29 is 9.53 Å². The summed E-state index contributed by atoms with van der Waals surface area (Å²) in [7, 11) is 0. The third-order valence-electron chi connectivity index (χ3n) is 2.29. The van der Waals surface area contributed by atoms with E-state index in [4.69, 9.17) is 10.6 Å². The zero-order valence-electron chi connectivity index (χ0n) is 9.95. The second-order valence-corrected chi connectivity index (χ2v) is 3.61. The van der Waals surface area contributed by atoms with Gasteiger partial charge in [-0.05, 0) is 12.1 Å². The van der Waals surface area contributed by atoms with E-state index in [1.54, 1.807) is 24.3 Å². The van der Waals surface area contributed by atoms with E-state index in [1.165, 1.54) is 16.8 Å². The normalized spacial score (nSPS) is 9.95. The molecule has 98 valence electrons. The van der Waals surface area contributed by atoms with E-state index >= 15 is 0 Å². The van der Waals surface area contributed by atoms with Crippen molar-refractivity contribution in [3.8, 4) is 11.6 Å². The Labute approximate surface area is 108 Å². The Hall–Kier alpha value is -2.67. The SMILES string of the molecule is NNC(=O)COc1ccc(=O)n(-c2ccccc2)n1. The molecule has 19 heavy (non-hydrogen) atoms. The highest BCUT2D eigenvalue weighted by atomic mass is 16.5. The summed E-state index contributed by atoms with van der Waals surface area (Å²) in [4.78, 5) is 22.7. The average molecular weight is 260 g/mol. The molecule has 0 radical (unpaired) electrons. The molecule has 7 heteroatoms. The summed E-state index contributed by atoms with van der Waals surface area (Å²) in [6.07, 6.45) is 0. The number of nitrogens with one attached hydrogen (secondary N) is 1. The van der Waals surface area contributed by atoms with Crippen LogP contribution in [0.3, 0.4) is 0 Å². The van der Waals surface area contributed by atoms with Gasteiger partial charge in [0.2, 0.25) is 5.88 Å². The lowest BCUT2D eigenvalue weighted by molar-refractivity contribution is -0.123. The fraction of sp³-hybridized carbons (Fsp3) is 0.0833. The van der Waals surface area contributed by atoms with Crippen LogP contribution in [0.15, 0.2) is 47.3 Å². The number of nitrogens with zero attached hydrogens (tertiary/aromatic N) is 2. The number of carbonyl (C=O) groups excluding carboxylic acids is 1. The van der Waals surface area contributed by atoms with Crippen LogP contribution in [-0.4, -0.2) is 22.3 Å². The Kier molecular flexibility index (Phi) is 3.89. The first-order valence-electron chi connectivity index (χ1n) is 5.49. The first-order valence-corrected chi connectivity index (χ1v) is 5.49. The Balaban J connectivity index is 2.25. The average Bonchev–Trinajstić information content (AvgIpc) is 2.47. The lowest BCUT2D eigenvalue weighted by atomic mass is 10.3. The molecule has 0 spiro atoms. The van der Waals surface area contributed by atoms with Gasteiger partial charge in [0.05, 0.1) is 5.69 Å². The van der Waals surface area contributed by atoms with Gasteiger partial charge in [-0.2, -0.15) is 4.68 Å². The van der Waals surface area contributed by atoms with E-state index in [-0.39, 0.29) is 18.0 Å². The van der Waals surface area contributed by atoms with Crippen LogP contribution in [0.25, 0.3) is 5.69 Å². The topological polar surface area (TPSA) is 99.2 Å². The molecule has 3 N–H and O–H groups in total. The third kappa shape index (κ3) is 3.17. The largest absolute Gasteiger partial charge is 0.466 e. The van der Waals surface area contributed by atoms with Crippen molar-refractivity contribution in [3.05, 3.63) is 52.8 Å². The molecule has 1 aromatic carbocycles. The van der Waals surface area contributed by atoms with Crippen molar-refractivity contribution in [1.29, 1.82) is 0 Å². The number of aromatic nitrogens is 2. The molecular weight excluding hydrogens is 248 g/mol. The predicted octanol–water partition coefficient (Wildman–Crippen LogP) is -0.399. The number of carbonyl (C=O) groups is 1. The molecule has 2 aromatic rings. The molecule has 1 aromatic heterocycles. The van der Waals surface area contributed by atoms with Crippen LogP contribution in [0, 0.1) is 0 Å². The number of nitrogens with two attached hydrogens (primary N) is 1. The molecule has 2 rings (SSSR count). The Bertz CT molecular complexity index is 624. The molecule has 1 heterocycles. The first kappa shape index (κ1) is 12.8. The van der Waals surface area contributed by atoms with Gasteiger partial charge in [-0.3, -0.25) is 15.0 Å². The number of hydrogen-bond acceptors (Lipinski definition) is 5. The molecule has 0 fully saturated rings. The molecule has 0 atom stereocenters. The van der Waals surface area contributed by atoms with Gasteiger partial charge in [0, 0.05) is 12.1 Å². The van der Waals surface area contributed by atoms with Crippen LogP contribution in [0.2, 0.25) is 0 Å². The van der Waals surface area contributed by atoms with Crippen LogP contribution in [0.1, 0.15) is 0 Å². The number of hydrazine groups is 1. The van der Waals surface area contributed by atoms with Gasteiger partial charge in [0.25, 0.3) is 11.5 Å². The number of benzene rings is 1. The van der Waals surface area contributed by atoms with Crippen LogP contribution in [0.4, 0.5) is 0 Å². The Morgan fingerprint density at radius 1 is 1.26 bits per heavy atom. The van der Waals surface area contributed by atoms with Gasteiger partial charge in [0.1, 0.15) is 0 Å². The van der Waals surface area contributed by atoms with Gasteiger partial charge in [-0.1, -0.05) is 18.2 Å². The summed E-state index contributed by atoms with van der Waals surface area (Å²) in [6, 6.07) is 11.6. The predicted molar refractivity (Wildman–Crippen MR) is 67.7 cm³/mol. The summed E-state index contributed by atoms with van der Waals surface area (Å²) in [6.45, 7) is -0.267. The van der Waals surface area contributed by atoms with Crippen LogP contribution >= 0.6 is 0 Å². The van der Waals surface area contributed by atoms with Crippen molar-refractivity contribution in [3.63, 3.8) is 0 Å². The highest BCUT2D eigenvalue weighted by Gasteiger charge is 2.05. The quantitative estimate of drug-likeness (QED) is 0.443. The molecule has 1 amide bonds. The molecule has 0 aliphatic rings. The van der Waals surface area contributed by atoms with Crippen LogP contribution in [0.5, 0.6) is 5.88 Å². The molecule has 0 saturated heterocycles. The number of hydrogen-bond donors (Lipinski definition) is 2. The summed E-state index contributed by atoms with van der Waals surface area (Å²) in [5.41, 5.74) is 2.25. The Morgan fingerprint density at radius 3 is 2.68 bits per heavy atom. The summed E-state index contributed by atoms with van der Waals surface area (Å²) in [5.74, 6) is 4.60. The minimum atomic E-state index is -0.487. The first-order chi connectivity index (χ1) is 9.20. The molecule has 0 saturated carbocycles. The number of para-hydroxylation sites is 1. The van der Waals surface area contributed by atoms with Crippen molar-refractivity contribution >= 4 is 5.91 Å². The Morgan fingerprint density at radius 2 is 2.00 bits per heavy atom. The monoisotopic (exact) mass is 260 g/mol. The molecule has 0 bridgehead atoms. The summed E-state index contributed by atoms with van der Waals surface area (Å²) in [5, 5.41) is 4.01. The van der Waals surface area contributed by atoms with E-state index in [0.29, 0.717) is 5.69 Å². The molecule has 0 aliphatic heterocycles. The zero-order valence-corrected chi connectivity index (χ0v) is 9.95. The minimum Gasteiger partial charge on any atom is -0.466 e. The second-order valence-electron chi connectivity index (χ2n) is 3.61. The lowest BCUT2D eigenvalue weighted by Crippen LogP contribution is -2.34. The third-order valence-corrected chi connectivity index (χ3v) is 2.29. The van der Waals surface area contributed by atoms with Gasteiger partial charge in [-0.25, -0.2) is 5.84 Å². The molecular formula is C12H12N4O3. The second kappa shape index (κ2) is 5.78. The van der Waals surface area contributed by atoms with Gasteiger partial charge in [0.15, 0.2) is 6.61 Å². The van der Waals surface area contributed by atoms with Crippen LogP contribution < -0.4 is 21.6 Å². The maximum atomic E-state index is 11.7. The molecule has 0 aliphatic carbocycles. The molecule has 0 unspecified atom stereocenters. The maximum absolute atomic E-state index is 11.7. The minimum absolute atomic E-state index is 0.159. The highest BCUT2D eigenvalue weighted by Crippen LogP contribution is 2.06. The van der Waals surface area contributed by atoms with Crippen molar-refractivity contribution in [2.24, 2.45) is 5.84 Å². The van der Waals surface area contributed by atoms with E-state index in [9.17, 15) is 9.59 Å². The van der Waals surface area contributed by atoms with E-state index in [1.807, 2.05) is 11.5 Å². The fourth-order valence-electron chi connectivity index (χ4n) is 1.41. The van der Waals surface area contributed by atoms with Gasteiger partial charge in [-0.15, -0.1) is 5.10 Å². The zero-order chi connectivity index (χ0) is 13.7. The van der Waals surface area contributed by atoms with E-state index in [0.717, 1.165) is 0 Å². The van der Waals surface area contributed by atoms with Gasteiger partial charge >= 0.3 is 0 Å². The van der Waals surface area contributed by atoms with Gasteiger partial charge < -0.3 is 4.74 Å². The van der Waals surface area contributed by atoms with Crippen molar-refractivity contribution in [2.75, 3.05) is 6.61 Å². The highest BCUT2D eigenvalue weighted by molar-refractivity contribution is 5.76. The van der Waals surface area contributed by atoms with Crippen molar-refractivity contribution in [1.82, 2.24) is 15.2 Å². The lowest BCUT2D eigenvalue weighted by Gasteiger charge is -2.07. The number of ether oxygens (including phenoxy) is 1. The van der Waals surface area contributed by atoms with E-state index in [2.05, 4.69) is 5.10 Å². The van der Waals surface area contributed by atoms with E-state index < -0.39 is 5.91 Å². The maximum Gasteiger partial charge on any atom is 0.271 e. The molecule has 7 nitrogen and oxygen atoms in total.